The predicted octanol–water partition coefficient (Wildman–Crippen LogP) is 4.03. The molecule has 0 spiro atoms. The van der Waals surface area contributed by atoms with Crippen LogP contribution in [0.4, 0.5) is 11.5 Å². The first-order valence-electron chi connectivity index (χ1n) is 7.25. The first-order chi connectivity index (χ1) is 11.3. The lowest BCUT2D eigenvalue weighted by Gasteiger charge is -2.07. The van der Waals surface area contributed by atoms with Gasteiger partial charge in [-0.15, -0.1) is 0 Å². The van der Waals surface area contributed by atoms with Gasteiger partial charge in [0, 0.05) is 10.9 Å². The fourth-order valence-electron chi connectivity index (χ4n) is 2.72. The van der Waals surface area contributed by atoms with Crippen LogP contribution in [0, 0.1) is 18.3 Å². The predicted molar refractivity (Wildman–Crippen MR) is 90.6 cm³/mol. The Hall–Kier alpha value is -3.39. The Morgan fingerprint density at radius 3 is 2.87 bits per heavy atom. The number of para-hydroxylation sites is 1. The van der Waals surface area contributed by atoms with Gasteiger partial charge < -0.3 is 10.3 Å². The van der Waals surface area contributed by atoms with Gasteiger partial charge in [0.05, 0.1) is 11.3 Å². The Kier molecular flexibility index (Phi) is 2.95. The summed E-state index contributed by atoms with van der Waals surface area (Å²) in [5, 5.41) is 13.5. The largest absolute Gasteiger partial charge is 0.350 e. The molecule has 0 unspecified atom stereocenters. The quantitative estimate of drug-likeness (QED) is 0.585. The van der Waals surface area contributed by atoms with Crippen LogP contribution >= 0.6 is 0 Å². The zero-order valence-electron chi connectivity index (χ0n) is 12.5. The van der Waals surface area contributed by atoms with Crippen LogP contribution in [0.3, 0.4) is 0 Å². The van der Waals surface area contributed by atoms with Crippen molar-refractivity contribution in [2.45, 2.75) is 6.92 Å². The Balaban J connectivity index is 1.91. The van der Waals surface area contributed by atoms with Crippen LogP contribution in [-0.4, -0.2) is 15.0 Å². The number of nitrogens with one attached hydrogen (secondary N) is 2. The lowest BCUT2D eigenvalue weighted by molar-refractivity contribution is 1.21. The second-order valence-corrected chi connectivity index (χ2v) is 5.40. The highest BCUT2D eigenvalue weighted by atomic mass is 15.0. The molecule has 0 fully saturated rings. The second-order valence-electron chi connectivity index (χ2n) is 5.40. The molecule has 2 heterocycles. The van der Waals surface area contributed by atoms with Crippen LogP contribution in [0.2, 0.25) is 0 Å². The van der Waals surface area contributed by atoms with Crippen molar-refractivity contribution >= 4 is 33.4 Å². The fraction of sp³-hybridized carbons (Fsp3) is 0.0556. The molecule has 2 aromatic heterocycles. The maximum absolute atomic E-state index is 9.22. The molecule has 0 saturated carbocycles. The number of aryl methyl sites for hydroxylation is 1. The van der Waals surface area contributed by atoms with Crippen LogP contribution < -0.4 is 5.32 Å². The van der Waals surface area contributed by atoms with E-state index in [-0.39, 0.29) is 0 Å². The van der Waals surface area contributed by atoms with Crippen LogP contribution in [0.15, 0.2) is 48.8 Å². The first-order valence-corrected chi connectivity index (χ1v) is 7.25. The highest BCUT2D eigenvalue weighted by molar-refractivity contribution is 6.08. The summed E-state index contributed by atoms with van der Waals surface area (Å²) < 4.78 is 0. The number of rotatable bonds is 2. The van der Waals surface area contributed by atoms with E-state index >= 15 is 0 Å². The molecule has 0 radical (unpaired) electrons. The van der Waals surface area contributed by atoms with Gasteiger partial charge in [0.1, 0.15) is 23.4 Å². The first kappa shape index (κ1) is 13.3. The maximum atomic E-state index is 9.22. The summed E-state index contributed by atoms with van der Waals surface area (Å²) in [6.45, 7) is 2.06. The minimum Gasteiger partial charge on any atom is -0.350 e. The molecule has 23 heavy (non-hydrogen) atoms. The number of anilines is 2. The molecule has 4 aromatic rings. The standard InChI is InChI=1S/C18H13N5/c1-11-6-7-15-13(8-11)16-17(22-15)18(21-10-20-16)23-14-5-3-2-4-12(14)9-19/h2-8,10,22H,1H3,(H,20,21,23). The highest BCUT2D eigenvalue weighted by Gasteiger charge is 2.12. The number of hydrogen-bond acceptors (Lipinski definition) is 4. The molecule has 0 amide bonds. The number of hydrogen-bond donors (Lipinski definition) is 2. The average Bonchev–Trinajstić information content (AvgIpc) is 2.94. The van der Waals surface area contributed by atoms with Crippen LogP contribution in [0.25, 0.3) is 21.9 Å². The van der Waals surface area contributed by atoms with Crippen molar-refractivity contribution in [3.05, 3.63) is 59.9 Å². The van der Waals surface area contributed by atoms with E-state index in [0.29, 0.717) is 11.4 Å². The maximum Gasteiger partial charge on any atom is 0.158 e. The third kappa shape index (κ3) is 2.17. The van der Waals surface area contributed by atoms with E-state index in [0.717, 1.165) is 27.6 Å². The summed E-state index contributed by atoms with van der Waals surface area (Å²) in [5.74, 6) is 0.659. The van der Waals surface area contributed by atoms with Gasteiger partial charge in [-0.1, -0.05) is 23.8 Å². The SMILES string of the molecule is Cc1ccc2[nH]c3c(Nc4ccccc4C#N)ncnc3c2c1. The minimum absolute atomic E-state index is 0.575. The number of H-pyrrole nitrogens is 1. The Morgan fingerprint density at radius 2 is 2.00 bits per heavy atom. The van der Waals surface area contributed by atoms with Crippen molar-refractivity contribution in [3.63, 3.8) is 0 Å². The summed E-state index contributed by atoms with van der Waals surface area (Å²) >= 11 is 0. The average molecular weight is 299 g/mol. The summed E-state index contributed by atoms with van der Waals surface area (Å²) in [6, 6.07) is 15.7. The molecular weight excluding hydrogens is 286 g/mol. The number of fused-ring (bicyclic) bond motifs is 3. The van der Waals surface area contributed by atoms with Gasteiger partial charge in [0.2, 0.25) is 0 Å². The monoisotopic (exact) mass is 299 g/mol. The van der Waals surface area contributed by atoms with Crippen molar-refractivity contribution in [2.75, 3.05) is 5.32 Å². The van der Waals surface area contributed by atoms with Crippen LogP contribution in [0.5, 0.6) is 0 Å². The lowest BCUT2D eigenvalue weighted by atomic mass is 10.1. The zero-order valence-corrected chi connectivity index (χ0v) is 12.5. The number of nitriles is 1. The molecule has 5 heteroatoms. The molecule has 2 aromatic carbocycles. The number of aromatic amines is 1. The summed E-state index contributed by atoms with van der Waals surface area (Å²) in [7, 11) is 0. The van der Waals surface area contributed by atoms with Gasteiger partial charge in [-0.05, 0) is 31.2 Å². The van der Waals surface area contributed by atoms with Crippen molar-refractivity contribution in [1.29, 1.82) is 5.26 Å². The van der Waals surface area contributed by atoms with Crippen molar-refractivity contribution in [2.24, 2.45) is 0 Å². The molecule has 110 valence electrons. The highest BCUT2D eigenvalue weighted by Crippen LogP contribution is 2.30. The van der Waals surface area contributed by atoms with E-state index in [2.05, 4.69) is 45.4 Å². The Labute approximate surface area is 132 Å². The van der Waals surface area contributed by atoms with Gasteiger partial charge in [-0.25, -0.2) is 9.97 Å². The molecule has 0 aliphatic carbocycles. The number of nitrogens with zero attached hydrogens (tertiary/aromatic N) is 3. The molecule has 5 nitrogen and oxygen atoms in total. The summed E-state index contributed by atoms with van der Waals surface area (Å²) in [4.78, 5) is 12.1. The number of aromatic nitrogens is 3. The van der Waals surface area contributed by atoms with Gasteiger partial charge in [0.25, 0.3) is 0 Å². The van der Waals surface area contributed by atoms with Gasteiger partial charge >= 0.3 is 0 Å². The van der Waals surface area contributed by atoms with Gasteiger partial charge in [-0.2, -0.15) is 5.26 Å². The van der Waals surface area contributed by atoms with Gasteiger partial charge in [0.15, 0.2) is 5.82 Å². The van der Waals surface area contributed by atoms with Crippen molar-refractivity contribution in [3.8, 4) is 6.07 Å². The molecule has 2 N–H and O–H groups in total. The second kappa shape index (κ2) is 5.11. The minimum atomic E-state index is 0.575. The lowest BCUT2D eigenvalue weighted by Crippen LogP contribution is -1.97. The normalized spacial score (nSPS) is 10.8. The fourth-order valence-corrected chi connectivity index (χ4v) is 2.72. The van der Waals surface area contributed by atoms with E-state index in [9.17, 15) is 5.26 Å². The topological polar surface area (TPSA) is 77.4 Å². The summed E-state index contributed by atoms with van der Waals surface area (Å²) in [6.07, 6.45) is 1.54. The third-order valence-electron chi connectivity index (χ3n) is 3.84. The molecule has 0 saturated heterocycles. The molecule has 4 rings (SSSR count). The molecule has 0 atom stereocenters. The van der Waals surface area contributed by atoms with Gasteiger partial charge in [-0.3, -0.25) is 0 Å². The smallest absolute Gasteiger partial charge is 0.158 e. The Morgan fingerprint density at radius 1 is 1.13 bits per heavy atom. The van der Waals surface area contributed by atoms with E-state index in [1.807, 2.05) is 24.3 Å². The zero-order chi connectivity index (χ0) is 15.8. The molecule has 0 bridgehead atoms. The van der Waals surface area contributed by atoms with Crippen LogP contribution in [-0.2, 0) is 0 Å². The molecular formula is C18H13N5. The number of benzene rings is 2. The van der Waals surface area contributed by atoms with Crippen molar-refractivity contribution < 1.29 is 0 Å². The molecule has 0 aliphatic heterocycles. The van der Waals surface area contributed by atoms with Crippen LogP contribution in [0.1, 0.15) is 11.1 Å². The van der Waals surface area contributed by atoms with Crippen molar-refractivity contribution in [1.82, 2.24) is 15.0 Å². The molecule has 0 aliphatic rings. The summed E-state index contributed by atoms with van der Waals surface area (Å²) in [5.41, 5.74) is 5.21. The van der Waals surface area contributed by atoms with E-state index in [1.165, 1.54) is 11.9 Å². The Bertz CT molecular complexity index is 1070. The van der Waals surface area contributed by atoms with E-state index in [1.54, 1.807) is 6.07 Å². The van der Waals surface area contributed by atoms with E-state index in [4.69, 9.17) is 0 Å². The van der Waals surface area contributed by atoms with E-state index < -0.39 is 0 Å². The third-order valence-corrected chi connectivity index (χ3v) is 3.84.